The summed E-state index contributed by atoms with van der Waals surface area (Å²) in [5, 5.41) is 3.38. The molecule has 84 valence electrons. The average molecular weight is 208 g/mol. The smallest absolute Gasteiger partial charge is 0.0713 e. The molecule has 0 aromatic heterocycles. The molecule has 1 aromatic carbocycles. The van der Waals surface area contributed by atoms with Gasteiger partial charge >= 0.3 is 0 Å². The normalized spacial score (nSPS) is 10.7. The van der Waals surface area contributed by atoms with Gasteiger partial charge in [0.1, 0.15) is 0 Å². The van der Waals surface area contributed by atoms with Crippen molar-refractivity contribution in [1.82, 2.24) is 4.90 Å². The molecule has 3 nitrogen and oxygen atoms in total. The quantitative estimate of drug-likeness (QED) is 0.771. The van der Waals surface area contributed by atoms with Crippen molar-refractivity contribution in [2.45, 2.75) is 6.61 Å². The first kappa shape index (κ1) is 12.0. The molecule has 0 saturated carbocycles. The lowest BCUT2D eigenvalue weighted by atomic mass is 10.2. The second kappa shape index (κ2) is 6.43. The predicted octanol–water partition coefficient (Wildman–Crippen LogP) is 1.81. The van der Waals surface area contributed by atoms with E-state index in [1.807, 2.05) is 6.07 Å². The van der Waals surface area contributed by atoms with E-state index >= 15 is 0 Å². The topological polar surface area (TPSA) is 24.5 Å². The van der Waals surface area contributed by atoms with E-state index < -0.39 is 0 Å². The van der Waals surface area contributed by atoms with Gasteiger partial charge in [-0.3, -0.25) is 0 Å². The zero-order valence-corrected chi connectivity index (χ0v) is 9.79. The molecule has 3 heteroatoms. The third-order valence-corrected chi connectivity index (χ3v) is 2.13. The fourth-order valence-electron chi connectivity index (χ4n) is 1.36. The van der Waals surface area contributed by atoms with E-state index in [0.717, 1.165) is 18.8 Å². The van der Waals surface area contributed by atoms with E-state index in [1.54, 1.807) is 7.11 Å². The van der Waals surface area contributed by atoms with E-state index in [4.69, 9.17) is 4.74 Å². The summed E-state index contributed by atoms with van der Waals surface area (Å²) in [5.74, 6) is 0. The molecule has 0 bridgehead atoms. The van der Waals surface area contributed by atoms with Gasteiger partial charge in [-0.25, -0.2) is 0 Å². The maximum Gasteiger partial charge on any atom is 0.0713 e. The van der Waals surface area contributed by atoms with Crippen molar-refractivity contribution >= 4 is 5.69 Å². The highest BCUT2D eigenvalue weighted by atomic mass is 16.5. The molecular weight excluding hydrogens is 188 g/mol. The molecule has 1 N–H and O–H groups in total. The van der Waals surface area contributed by atoms with E-state index in [0.29, 0.717) is 6.61 Å². The Morgan fingerprint density at radius 2 is 2.13 bits per heavy atom. The van der Waals surface area contributed by atoms with Crippen molar-refractivity contribution in [3.8, 4) is 0 Å². The number of likely N-dealkylation sites (N-methyl/N-ethyl adjacent to an activating group) is 1. The van der Waals surface area contributed by atoms with Crippen LogP contribution in [0.25, 0.3) is 0 Å². The highest BCUT2D eigenvalue weighted by Crippen LogP contribution is 2.10. The SMILES string of the molecule is COCc1cccc(NCCN(C)C)c1. The summed E-state index contributed by atoms with van der Waals surface area (Å²) in [7, 11) is 5.86. The van der Waals surface area contributed by atoms with Gasteiger partial charge in [0.25, 0.3) is 0 Å². The van der Waals surface area contributed by atoms with Crippen molar-refractivity contribution < 1.29 is 4.74 Å². The summed E-state index contributed by atoms with van der Waals surface area (Å²) in [4.78, 5) is 2.16. The number of methoxy groups -OCH3 is 1. The predicted molar refractivity (Wildman–Crippen MR) is 64.2 cm³/mol. The van der Waals surface area contributed by atoms with Crippen LogP contribution in [0.15, 0.2) is 24.3 Å². The summed E-state index contributed by atoms with van der Waals surface area (Å²) >= 11 is 0. The molecule has 0 aliphatic carbocycles. The first-order chi connectivity index (χ1) is 7.22. The van der Waals surface area contributed by atoms with Crippen LogP contribution in [-0.4, -0.2) is 39.2 Å². The Morgan fingerprint density at radius 3 is 2.80 bits per heavy atom. The minimum Gasteiger partial charge on any atom is -0.384 e. The van der Waals surface area contributed by atoms with Gasteiger partial charge in [0.05, 0.1) is 6.61 Å². The van der Waals surface area contributed by atoms with E-state index in [1.165, 1.54) is 5.56 Å². The molecular formula is C12H20N2O. The largest absolute Gasteiger partial charge is 0.384 e. The van der Waals surface area contributed by atoms with Crippen molar-refractivity contribution in [1.29, 1.82) is 0 Å². The number of anilines is 1. The lowest BCUT2D eigenvalue weighted by Crippen LogP contribution is -2.20. The fraction of sp³-hybridized carbons (Fsp3) is 0.500. The van der Waals surface area contributed by atoms with Gasteiger partial charge in [-0.05, 0) is 31.8 Å². The highest BCUT2D eigenvalue weighted by molar-refractivity contribution is 5.45. The minimum absolute atomic E-state index is 0.670. The highest BCUT2D eigenvalue weighted by Gasteiger charge is 1.95. The van der Waals surface area contributed by atoms with Crippen molar-refractivity contribution in [3.05, 3.63) is 29.8 Å². The number of nitrogens with one attached hydrogen (secondary N) is 1. The van der Waals surface area contributed by atoms with Crippen LogP contribution in [0.1, 0.15) is 5.56 Å². The Hall–Kier alpha value is -1.06. The van der Waals surface area contributed by atoms with Crippen LogP contribution in [0.5, 0.6) is 0 Å². The Kier molecular flexibility index (Phi) is 5.15. The van der Waals surface area contributed by atoms with Crippen LogP contribution in [0, 0.1) is 0 Å². The van der Waals surface area contributed by atoms with Crippen LogP contribution >= 0.6 is 0 Å². The molecule has 0 amide bonds. The molecule has 0 aliphatic rings. The maximum atomic E-state index is 5.09. The maximum absolute atomic E-state index is 5.09. The standard InChI is InChI=1S/C12H20N2O/c1-14(2)8-7-13-12-6-4-5-11(9-12)10-15-3/h4-6,9,13H,7-8,10H2,1-3H3. The number of benzene rings is 1. The minimum atomic E-state index is 0.670. The summed E-state index contributed by atoms with van der Waals surface area (Å²) in [5.41, 5.74) is 2.36. The molecule has 0 saturated heterocycles. The van der Waals surface area contributed by atoms with Crippen LogP contribution in [0.2, 0.25) is 0 Å². The van der Waals surface area contributed by atoms with Crippen LogP contribution in [0.4, 0.5) is 5.69 Å². The summed E-state index contributed by atoms with van der Waals surface area (Å²) in [6.07, 6.45) is 0. The summed E-state index contributed by atoms with van der Waals surface area (Å²) in [6, 6.07) is 8.32. The first-order valence-corrected chi connectivity index (χ1v) is 5.19. The molecule has 0 radical (unpaired) electrons. The van der Waals surface area contributed by atoms with Crippen molar-refractivity contribution in [2.75, 3.05) is 39.6 Å². The lowest BCUT2D eigenvalue weighted by molar-refractivity contribution is 0.185. The zero-order valence-electron chi connectivity index (χ0n) is 9.79. The molecule has 0 aliphatic heterocycles. The van der Waals surface area contributed by atoms with Gasteiger partial charge < -0.3 is 15.0 Å². The molecule has 0 atom stereocenters. The number of rotatable bonds is 6. The van der Waals surface area contributed by atoms with Gasteiger partial charge in [-0.15, -0.1) is 0 Å². The molecule has 1 aromatic rings. The second-order valence-corrected chi connectivity index (χ2v) is 3.86. The monoisotopic (exact) mass is 208 g/mol. The number of ether oxygens (including phenoxy) is 1. The second-order valence-electron chi connectivity index (χ2n) is 3.86. The first-order valence-electron chi connectivity index (χ1n) is 5.19. The Bertz CT molecular complexity index is 287. The average Bonchev–Trinajstić information content (AvgIpc) is 2.18. The zero-order chi connectivity index (χ0) is 11.1. The van der Waals surface area contributed by atoms with Crippen LogP contribution in [-0.2, 0) is 11.3 Å². The molecule has 0 heterocycles. The van der Waals surface area contributed by atoms with E-state index in [-0.39, 0.29) is 0 Å². The van der Waals surface area contributed by atoms with E-state index in [9.17, 15) is 0 Å². The number of hydrogen-bond acceptors (Lipinski definition) is 3. The number of nitrogens with zero attached hydrogens (tertiary/aromatic N) is 1. The molecule has 1 rings (SSSR count). The molecule has 0 fully saturated rings. The van der Waals surface area contributed by atoms with Gasteiger partial charge in [0.15, 0.2) is 0 Å². The van der Waals surface area contributed by atoms with Crippen LogP contribution < -0.4 is 5.32 Å². The Labute approximate surface area is 92.0 Å². The van der Waals surface area contributed by atoms with Gasteiger partial charge in [-0.1, -0.05) is 12.1 Å². The van der Waals surface area contributed by atoms with E-state index in [2.05, 4.69) is 42.5 Å². The van der Waals surface area contributed by atoms with Crippen molar-refractivity contribution in [3.63, 3.8) is 0 Å². The van der Waals surface area contributed by atoms with Gasteiger partial charge in [0, 0.05) is 25.9 Å². The Balaban J connectivity index is 2.43. The summed E-state index contributed by atoms with van der Waals surface area (Å²) in [6.45, 7) is 2.67. The lowest BCUT2D eigenvalue weighted by Gasteiger charge is -2.12. The van der Waals surface area contributed by atoms with Gasteiger partial charge in [-0.2, -0.15) is 0 Å². The fourth-order valence-corrected chi connectivity index (χ4v) is 1.36. The molecule has 15 heavy (non-hydrogen) atoms. The van der Waals surface area contributed by atoms with Gasteiger partial charge in [0.2, 0.25) is 0 Å². The third-order valence-electron chi connectivity index (χ3n) is 2.13. The summed E-state index contributed by atoms with van der Waals surface area (Å²) < 4.78 is 5.09. The molecule has 0 unspecified atom stereocenters. The van der Waals surface area contributed by atoms with Crippen molar-refractivity contribution in [2.24, 2.45) is 0 Å². The Morgan fingerprint density at radius 1 is 1.33 bits per heavy atom. The third kappa shape index (κ3) is 4.81. The van der Waals surface area contributed by atoms with Crippen LogP contribution in [0.3, 0.4) is 0 Å². The number of hydrogen-bond donors (Lipinski definition) is 1. The molecule has 0 spiro atoms.